The van der Waals surface area contributed by atoms with E-state index in [1.54, 1.807) is 6.08 Å². The van der Waals surface area contributed by atoms with Gasteiger partial charge in [-0.05, 0) is 31.4 Å². The first kappa shape index (κ1) is 15.3. The summed E-state index contributed by atoms with van der Waals surface area (Å²) in [6, 6.07) is 7.82. The summed E-state index contributed by atoms with van der Waals surface area (Å²) in [5.74, 6) is -0.471. The molecule has 1 atom stereocenters. The highest BCUT2D eigenvalue weighted by Crippen LogP contribution is 2.35. The molecule has 1 aliphatic rings. The van der Waals surface area contributed by atoms with Crippen molar-refractivity contribution >= 4 is 50.9 Å². The summed E-state index contributed by atoms with van der Waals surface area (Å²) in [7, 11) is 0. The second kappa shape index (κ2) is 6.63. The predicted octanol–water partition coefficient (Wildman–Crippen LogP) is 4.62. The number of halogens is 1. The average molecular weight is 335 g/mol. The minimum atomic E-state index is -0.580. The Hall–Kier alpha value is -1.65. The number of fused-ring (bicyclic) bond motifs is 1. The summed E-state index contributed by atoms with van der Waals surface area (Å²) in [5.41, 5.74) is 0. The maximum atomic E-state index is 11.9. The zero-order valence-electron chi connectivity index (χ0n) is 11.9. The molecule has 0 radical (unpaired) electrons. The zero-order chi connectivity index (χ0) is 15.5. The van der Waals surface area contributed by atoms with Crippen molar-refractivity contribution < 1.29 is 14.3 Å². The molecule has 0 saturated heterocycles. The lowest BCUT2D eigenvalue weighted by Crippen LogP contribution is -2.29. The van der Waals surface area contributed by atoms with Crippen molar-refractivity contribution in [2.24, 2.45) is 0 Å². The number of Topliss-reactive ketones (excluding diaryl/α,β-unsaturated/α-hetero) is 1. The van der Waals surface area contributed by atoms with Gasteiger partial charge in [0.15, 0.2) is 11.9 Å². The second-order valence-electron chi connectivity index (χ2n) is 5.25. The van der Waals surface area contributed by atoms with Crippen LogP contribution >= 0.6 is 22.9 Å². The molecule has 1 aromatic heterocycles. The van der Waals surface area contributed by atoms with Gasteiger partial charge in [0.05, 0.1) is 5.02 Å². The zero-order valence-corrected chi connectivity index (χ0v) is 13.5. The van der Waals surface area contributed by atoms with E-state index in [9.17, 15) is 9.59 Å². The van der Waals surface area contributed by atoms with E-state index in [-0.39, 0.29) is 5.78 Å². The summed E-state index contributed by atoms with van der Waals surface area (Å²) < 4.78 is 6.30. The smallest absolute Gasteiger partial charge is 0.331 e. The van der Waals surface area contributed by atoms with Gasteiger partial charge >= 0.3 is 5.97 Å². The molecule has 1 aromatic carbocycles. The van der Waals surface area contributed by atoms with E-state index in [1.165, 1.54) is 17.4 Å². The minimum Gasteiger partial charge on any atom is -0.451 e. The molecule has 22 heavy (non-hydrogen) atoms. The molecule has 114 valence electrons. The standard InChI is InChI=1S/C17H15ClO3S/c18-17-11-5-1-4-8-14(11)22-15(17)9-10-16(20)21-13-7-3-2-6-12(13)19/h1,4-5,8-10,13H,2-3,6-7H2/b10-9+/t13-/m1/s1. The van der Waals surface area contributed by atoms with Crippen molar-refractivity contribution in [1.82, 2.24) is 0 Å². The number of carbonyl (C=O) groups is 2. The first-order chi connectivity index (χ1) is 10.6. The highest BCUT2D eigenvalue weighted by molar-refractivity contribution is 7.20. The van der Waals surface area contributed by atoms with Crippen molar-refractivity contribution in [3.05, 3.63) is 40.2 Å². The molecule has 0 spiro atoms. The van der Waals surface area contributed by atoms with Gasteiger partial charge in [-0.15, -0.1) is 11.3 Å². The number of rotatable bonds is 3. The van der Waals surface area contributed by atoms with E-state index in [0.717, 1.165) is 27.8 Å². The Labute approximate surface area is 137 Å². The van der Waals surface area contributed by atoms with E-state index in [0.29, 0.717) is 17.9 Å². The van der Waals surface area contributed by atoms with Gasteiger partial charge in [0.25, 0.3) is 0 Å². The Morgan fingerprint density at radius 1 is 1.32 bits per heavy atom. The van der Waals surface area contributed by atoms with Gasteiger partial charge in [-0.1, -0.05) is 29.8 Å². The highest BCUT2D eigenvalue weighted by atomic mass is 35.5. The van der Waals surface area contributed by atoms with Crippen LogP contribution in [0.1, 0.15) is 30.6 Å². The van der Waals surface area contributed by atoms with Gasteiger partial charge in [-0.2, -0.15) is 0 Å². The van der Waals surface area contributed by atoms with Crippen LogP contribution in [-0.2, 0) is 14.3 Å². The normalized spacial score (nSPS) is 19.0. The third-order valence-corrected chi connectivity index (χ3v) is 5.34. The molecule has 1 aliphatic carbocycles. The van der Waals surface area contributed by atoms with Crippen LogP contribution in [0.3, 0.4) is 0 Å². The quantitative estimate of drug-likeness (QED) is 0.607. The third kappa shape index (κ3) is 3.23. The number of esters is 1. The lowest BCUT2D eigenvalue weighted by atomic mass is 9.96. The molecule has 5 heteroatoms. The summed E-state index contributed by atoms with van der Waals surface area (Å²) in [4.78, 5) is 24.3. The number of benzene rings is 1. The van der Waals surface area contributed by atoms with Crippen LogP contribution in [-0.4, -0.2) is 17.9 Å². The third-order valence-electron chi connectivity index (χ3n) is 3.69. The lowest BCUT2D eigenvalue weighted by Gasteiger charge is -2.19. The fourth-order valence-corrected chi connectivity index (χ4v) is 3.94. The van der Waals surface area contributed by atoms with Crippen molar-refractivity contribution in [2.45, 2.75) is 31.8 Å². The van der Waals surface area contributed by atoms with E-state index < -0.39 is 12.1 Å². The first-order valence-electron chi connectivity index (χ1n) is 7.23. The molecule has 0 bridgehead atoms. The van der Waals surface area contributed by atoms with Crippen LogP contribution in [0.25, 0.3) is 16.2 Å². The van der Waals surface area contributed by atoms with Gasteiger partial charge in [0, 0.05) is 27.5 Å². The summed E-state index contributed by atoms with van der Waals surface area (Å²) in [5, 5.41) is 1.61. The highest BCUT2D eigenvalue weighted by Gasteiger charge is 2.24. The van der Waals surface area contributed by atoms with E-state index >= 15 is 0 Å². The van der Waals surface area contributed by atoms with Gasteiger partial charge in [-0.25, -0.2) is 4.79 Å². The van der Waals surface area contributed by atoms with Crippen molar-refractivity contribution in [2.75, 3.05) is 0 Å². The van der Waals surface area contributed by atoms with Crippen LogP contribution in [0.4, 0.5) is 0 Å². The Bertz CT molecular complexity index is 747. The number of carbonyl (C=O) groups excluding carboxylic acids is 2. The molecule has 0 N–H and O–H groups in total. The van der Waals surface area contributed by atoms with Crippen molar-refractivity contribution in [1.29, 1.82) is 0 Å². The number of ether oxygens (including phenoxy) is 1. The van der Waals surface area contributed by atoms with Crippen LogP contribution in [0.2, 0.25) is 5.02 Å². The molecular formula is C17H15ClO3S. The fourth-order valence-electron chi connectivity index (χ4n) is 2.54. The first-order valence-corrected chi connectivity index (χ1v) is 8.43. The van der Waals surface area contributed by atoms with Crippen LogP contribution in [0, 0.1) is 0 Å². The molecule has 1 fully saturated rings. The van der Waals surface area contributed by atoms with Crippen molar-refractivity contribution in [3.63, 3.8) is 0 Å². The molecular weight excluding hydrogens is 320 g/mol. The molecule has 0 unspecified atom stereocenters. The number of hydrogen-bond donors (Lipinski definition) is 0. The summed E-state index contributed by atoms with van der Waals surface area (Å²) in [6.07, 6.45) is 5.37. The maximum absolute atomic E-state index is 11.9. The maximum Gasteiger partial charge on any atom is 0.331 e. The molecule has 0 aliphatic heterocycles. The lowest BCUT2D eigenvalue weighted by molar-refractivity contribution is -0.152. The van der Waals surface area contributed by atoms with E-state index in [1.807, 2.05) is 24.3 Å². The molecule has 0 amide bonds. The molecule has 1 heterocycles. The largest absolute Gasteiger partial charge is 0.451 e. The Morgan fingerprint density at radius 3 is 2.91 bits per heavy atom. The second-order valence-corrected chi connectivity index (χ2v) is 6.71. The summed E-state index contributed by atoms with van der Waals surface area (Å²) >= 11 is 7.83. The topological polar surface area (TPSA) is 43.4 Å². The Kier molecular flexibility index (Phi) is 4.60. The van der Waals surface area contributed by atoms with Gasteiger partial charge in [0.1, 0.15) is 0 Å². The van der Waals surface area contributed by atoms with Crippen LogP contribution in [0.5, 0.6) is 0 Å². The summed E-state index contributed by atoms with van der Waals surface area (Å²) in [6.45, 7) is 0. The van der Waals surface area contributed by atoms with E-state index in [2.05, 4.69) is 0 Å². The average Bonchev–Trinajstić information content (AvgIpc) is 2.84. The Balaban J connectivity index is 1.71. The number of thiophene rings is 1. The minimum absolute atomic E-state index is 0.0212. The van der Waals surface area contributed by atoms with E-state index in [4.69, 9.17) is 16.3 Å². The number of hydrogen-bond acceptors (Lipinski definition) is 4. The predicted molar refractivity (Wildman–Crippen MR) is 89.2 cm³/mol. The monoisotopic (exact) mass is 334 g/mol. The SMILES string of the molecule is O=C(/C=C/c1sc2ccccc2c1Cl)O[C@@H]1CCCCC1=O. The van der Waals surface area contributed by atoms with Gasteiger partial charge in [0.2, 0.25) is 0 Å². The van der Waals surface area contributed by atoms with Gasteiger partial charge < -0.3 is 4.74 Å². The molecule has 2 aromatic rings. The molecule has 3 rings (SSSR count). The van der Waals surface area contributed by atoms with Crippen LogP contribution < -0.4 is 0 Å². The van der Waals surface area contributed by atoms with Crippen molar-refractivity contribution in [3.8, 4) is 0 Å². The fraction of sp³-hybridized carbons (Fsp3) is 0.294. The number of ketones is 1. The molecule has 1 saturated carbocycles. The molecule has 3 nitrogen and oxygen atoms in total. The van der Waals surface area contributed by atoms with Gasteiger partial charge in [-0.3, -0.25) is 4.79 Å². The van der Waals surface area contributed by atoms with Crippen LogP contribution in [0.15, 0.2) is 30.3 Å². The Morgan fingerprint density at radius 2 is 2.14 bits per heavy atom.